The minimum atomic E-state index is -0.0162. The lowest BCUT2D eigenvalue weighted by Crippen LogP contribution is -2.48. The van der Waals surface area contributed by atoms with Crippen LogP contribution in [0.4, 0.5) is 17.3 Å². The van der Waals surface area contributed by atoms with Gasteiger partial charge in [-0.25, -0.2) is 0 Å². The predicted molar refractivity (Wildman–Crippen MR) is 119 cm³/mol. The summed E-state index contributed by atoms with van der Waals surface area (Å²) in [5, 5.41) is 12.4. The average molecular weight is 421 g/mol. The van der Waals surface area contributed by atoms with Gasteiger partial charge in [-0.05, 0) is 42.0 Å². The summed E-state index contributed by atoms with van der Waals surface area (Å²) in [5.41, 5.74) is 1.74. The van der Waals surface area contributed by atoms with Crippen molar-refractivity contribution in [2.24, 2.45) is 0 Å². The summed E-state index contributed by atoms with van der Waals surface area (Å²) in [6, 6.07) is 15.0. The number of hydrogen-bond acceptors (Lipinski definition) is 6. The van der Waals surface area contributed by atoms with E-state index in [1.54, 1.807) is 24.5 Å². The summed E-state index contributed by atoms with van der Waals surface area (Å²) >= 11 is 6.13. The van der Waals surface area contributed by atoms with E-state index in [0.717, 1.165) is 17.1 Å². The van der Waals surface area contributed by atoms with Crippen molar-refractivity contribution in [2.75, 3.05) is 36.4 Å². The van der Waals surface area contributed by atoms with Crippen molar-refractivity contribution in [3.05, 3.63) is 77.6 Å². The quantitative estimate of drug-likeness (QED) is 0.635. The molecule has 0 atom stereocenters. The van der Waals surface area contributed by atoms with Crippen LogP contribution in [0, 0.1) is 0 Å². The first-order chi connectivity index (χ1) is 14.7. The van der Waals surface area contributed by atoms with E-state index in [4.69, 9.17) is 11.6 Å². The van der Waals surface area contributed by atoms with Crippen molar-refractivity contribution in [3.63, 3.8) is 0 Å². The molecule has 152 valence electrons. The molecule has 0 unspecified atom stereocenters. The van der Waals surface area contributed by atoms with Gasteiger partial charge in [0.25, 0.3) is 0 Å². The largest absolute Gasteiger partial charge is 0.352 e. The molecule has 0 aliphatic carbocycles. The zero-order valence-electron chi connectivity index (χ0n) is 16.3. The van der Waals surface area contributed by atoms with Gasteiger partial charge in [-0.15, -0.1) is 10.2 Å². The van der Waals surface area contributed by atoms with Gasteiger partial charge in [0.2, 0.25) is 5.91 Å². The normalized spacial score (nSPS) is 14.2. The summed E-state index contributed by atoms with van der Waals surface area (Å²) in [6.45, 7) is 2.67. The number of benzene rings is 1. The molecule has 0 saturated carbocycles. The summed E-state index contributed by atoms with van der Waals surface area (Å²) in [4.78, 5) is 20.4. The number of aromatic nitrogens is 3. The molecule has 2 aromatic heterocycles. The van der Waals surface area contributed by atoms with Gasteiger partial charge in [-0.1, -0.05) is 29.8 Å². The summed E-state index contributed by atoms with van der Waals surface area (Å²) in [5.74, 6) is 1.45. The van der Waals surface area contributed by atoms with Crippen LogP contribution in [-0.4, -0.2) is 52.2 Å². The standard InChI is InChI=1S/C22H21ClN6O/c23-19-4-2-1-3-17(19)5-8-22(30)29-15-13-28(14-16-29)21-7-6-20(26-27-21)25-18-9-11-24-12-10-18/h1-12H,13-16H2,(H,24,25,26)/b8-5+. The number of halogens is 1. The zero-order chi connectivity index (χ0) is 20.8. The van der Waals surface area contributed by atoms with E-state index < -0.39 is 0 Å². The number of hydrogen-bond donors (Lipinski definition) is 1. The molecule has 1 amide bonds. The molecule has 1 aliphatic heterocycles. The molecule has 0 bridgehead atoms. The second-order valence-corrected chi connectivity index (χ2v) is 7.21. The number of carbonyl (C=O) groups excluding carboxylic acids is 1. The summed E-state index contributed by atoms with van der Waals surface area (Å²) in [7, 11) is 0. The Morgan fingerprint density at radius 3 is 2.43 bits per heavy atom. The third kappa shape index (κ3) is 4.93. The Morgan fingerprint density at radius 2 is 1.73 bits per heavy atom. The highest BCUT2D eigenvalue weighted by Crippen LogP contribution is 2.18. The van der Waals surface area contributed by atoms with Crippen LogP contribution in [-0.2, 0) is 4.79 Å². The molecule has 1 fully saturated rings. The first kappa shape index (κ1) is 19.8. The van der Waals surface area contributed by atoms with Crippen molar-refractivity contribution in [3.8, 4) is 0 Å². The second kappa shape index (κ2) is 9.37. The number of rotatable bonds is 5. The van der Waals surface area contributed by atoms with Gasteiger partial charge in [-0.3, -0.25) is 9.78 Å². The fraction of sp³-hybridized carbons (Fsp3) is 0.182. The maximum atomic E-state index is 12.5. The van der Waals surface area contributed by atoms with Crippen LogP contribution in [0.1, 0.15) is 5.56 Å². The van der Waals surface area contributed by atoms with Gasteiger partial charge in [0.1, 0.15) is 0 Å². The van der Waals surface area contributed by atoms with Crippen LogP contribution in [0.25, 0.3) is 6.08 Å². The van der Waals surface area contributed by atoms with Crippen LogP contribution < -0.4 is 10.2 Å². The van der Waals surface area contributed by atoms with Crippen LogP contribution in [0.5, 0.6) is 0 Å². The molecule has 7 nitrogen and oxygen atoms in total. The lowest BCUT2D eigenvalue weighted by molar-refractivity contribution is -0.126. The molecule has 3 aromatic rings. The van der Waals surface area contributed by atoms with E-state index in [0.29, 0.717) is 37.0 Å². The molecule has 1 N–H and O–H groups in total. The van der Waals surface area contributed by atoms with Crippen molar-refractivity contribution in [1.82, 2.24) is 20.1 Å². The fourth-order valence-electron chi connectivity index (χ4n) is 3.18. The van der Waals surface area contributed by atoms with Crippen molar-refractivity contribution >= 4 is 40.9 Å². The Bertz CT molecular complexity index is 1020. The van der Waals surface area contributed by atoms with Crippen LogP contribution in [0.3, 0.4) is 0 Å². The zero-order valence-corrected chi connectivity index (χ0v) is 17.0. The van der Waals surface area contributed by atoms with Gasteiger partial charge in [0.05, 0.1) is 0 Å². The van der Waals surface area contributed by atoms with E-state index in [1.165, 1.54) is 0 Å². The second-order valence-electron chi connectivity index (χ2n) is 6.80. The van der Waals surface area contributed by atoms with Crippen molar-refractivity contribution < 1.29 is 4.79 Å². The first-order valence-corrected chi connectivity index (χ1v) is 10.0. The molecule has 8 heteroatoms. The Balaban J connectivity index is 1.31. The van der Waals surface area contributed by atoms with Crippen molar-refractivity contribution in [1.29, 1.82) is 0 Å². The average Bonchev–Trinajstić information content (AvgIpc) is 2.80. The van der Waals surface area contributed by atoms with Crippen LogP contribution >= 0.6 is 11.6 Å². The Hall–Kier alpha value is -3.45. The third-order valence-electron chi connectivity index (χ3n) is 4.83. The van der Waals surface area contributed by atoms with Gasteiger partial charge in [-0.2, -0.15) is 0 Å². The van der Waals surface area contributed by atoms with Gasteiger partial charge in [0, 0.05) is 55.4 Å². The van der Waals surface area contributed by atoms with E-state index in [-0.39, 0.29) is 5.91 Å². The smallest absolute Gasteiger partial charge is 0.246 e. The van der Waals surface area contributed by atoms with Gasteiger partial charge < -0.3 is 15.1 Å². The number of piperazine rings is 1. The molecular weight excluding hydrogens is 400 g/mol. The van der Waals surface area contributed by atoms with E-state index in [9.17, 15) is 4.79 Å². The highest BCUT2D eigenvalue weighted by Gasteiger charge is 2.20. The molecule has 3 heterocycles. The molecule has 1 saturated heterocycles. The summed E-state index contributed by atoms with van der Waals surface area (Å²) in [6.07, 6.45) is 6.77. The van der Waals surface area contributed by atoms with Crippen LogP contribution in [0.2, 0.25) is 5.02 Å². The molecule has 0 radical (unpaired) electrons. The Kier molecular flexibility index (Phi) is 6.20. The fourth-order valence-corrected chi connectivity index (χ4v) is 3.38. The van der Waals surface area contributed by atoms with E-state index in [1.807, 2.05) is 53.4 Å². The SMILES string of the molecule is O=C(/C=C/c1ccccc1Cl)N1CCN(c2ccc(Nc3ccncc3)nn2)CC1. The van der Waals surface area contributed by atoms with E-state index >= 15 is 0 Å². The summed E-state index contributed by atoms with van der Waals surface area (Å²) < 4.78 is 0. The topological polar surface area (TPSA) is 74.2 Å². The number of nitrogens with zero attached hydrogens (tertiary/aromatic N) is 5. The number of carbonyl (C=O) groups is 1. The lowest BCUT2D eigenvalue weighted by Gasteiger charge is -2.34. The molecule has 4 rings (SSSR count). The lowest BCUT2D eigenvalue weighted by atomic mass is 10.2. The minimum Gasteiger partial charge on any atom is -0.352 e. The molecule has 1 aliphatic rings. The minimum absolute atomic E-state index is 0.0162. The maximum Gasteiger partial charge on any atom is 0.246 e. The number of amides is 1. The predicted octanol–water partition coefficient (Wildman–Crippen LogP) is 3.63. The molecule has 1 aromatic carbocycles. The van der Waals surface area contributed by atoms with E-state index in [2.05, 4.69) is 25.4 Å². The highest BCUT2D eigenvalue weighted by atomic mass is 35.5. The molecule has 0 spiro atoms. The molecule has 30 heavy (non-hydrogen) atoms. The number of nitrogens with one attached hydrogen (secondary N) is 1. The van der Waals surface area contributed by atoms with Gasteiger partial charge in [0.15, 0.2) is 11.6 Å². The van der Waals surface area contributed by atoms with Crippen LogP contribution in [0.15, 0.2) is 67.0 Å². The first-order valence-electron chi connectivity index (χ1n) is 9.66. The number of anilines is 3. The van der Waals surface area contributed by atoms with Gasteiger partial charge >= 0.3 is 0 Å². The maximum absolute atomic E-state index is 12.5. The number of pyridine rings is 1. The highest BCUT2D eigenvalue weighted by molar-refractivity contribution is 6.32. The Morgan fingerprint density at radius 1 is 0.967 bits per heavy atom. The Labute approximate surface area is 180 Å². The third-order valence-corrected chi connectivity index (χ3v) is 5.17. The van der Waals surface area contributed by atoms with Crippen molar-refractivity contribution in [2.45, 2.75) is 0 Å². The monoisotopic (exact) mass is 420 g/mol. The molecular formula is C22H21ClN6O.